The van der Waals surface area contributed by atoms with Crippen molar-refractivity contribution >= 4 is 17.3 Å². The van der Waals surface area contributed by atoms with Crippen LogP contribution in [0.4, 0.5) is 5.69 Å². The summed E-state index contributed by atoms with van der Waals surface area (Å²) in [5.41, 5.74) is 0.806. The molecule has 3 aromatic rings. The van der Waals surface area contributed by atoms with Crippen LogP contribution in [0.25, 0.3) is 0 Å². The number of rotatable bonds is 6. The molecule has 0 bridgehead atoms. The monoisotopic (exact) mass is 355 g/mol. The van der Waals surface area contributed by atoms with Gasteiger partial charge in [-0.2, -0.15) is 0 Å². The highest BCUT2D eigenvalue weighted by Gasteiger charge is 2.16. The van der Waals surface area contributed by atoms with E-state index in [-0.39, 0.29) is 18.0 Å². The lowest BCUT2D eigenvalue weighted by Crippen LogP contribution is -1.99. The minimum Gasteiger partial charge on any atom is -0.482 e. The van der Waals surface area contributed by atoms with Gasteiger partial charge in [-0.1, -0.05) is 41.9 Å². The molecule has 0 atom stereocenters. The number of hydrogen-bond acceptors (Lipinski definition) is 4. The molecule has 25 heavy (non-hydrogen) atoms. The lowest BCUT2D eigenvalue weighted by molar-refractivity contribution is -0.386. The fourth-order valence-corrected chi connectivity index (χ4v) is 2.32. The van der Waals surface area contributed by atoms with Crippen molar-refractivity contribution in [2.45, 2.75) is 6.61 Å². The quantitative estimate of drug-likeness (QED) is 0.425. The summed E-state index contributed by atoms with van der Waals surface area (Å²) in [4.78, 5) is 10.7. The highest BCUT2D eigenvalue weighted by Crippen LogP contribution is 2.34. The largest absolute Gasteiger partial charge is 0.482 e. The van der Waals surface area contributed by atoms with E-state index in [4.69, 9.17) is 21.1 Å². The second kappa shape index (κ2) is 7.68. The van der Waals surface area contributed by atoms with Gasteiger partial charge in [-0.15, -0.1) is 0 Å². The van der Waals surface area contributed by atoms with Gasteiger partial charge in [0, 0.05) is 17.2 Å². The van der Waals surface area contributed by atoms with Gasteiger partial charge in [0.05, 0.1) is 4.92 Å². The van der Waals surface area contributed by atoms with E-state index in [2.05, 4.69) is 0 Å². The number of nitro benzene ring substituents is 1. The summed E-state index contributed by atoms with van der Waals surface area (Å²) in [5.74, 6) is 1.17. The minimum absolute atomic E-state index is 0.112. The van der Waals surface area contributed by atoms with Gasteiger partial charge in [-0.05, 0) is 35.9 Å². The van der Waals surface area contributed by atoms with Crippen LogP contribution in [0.3, 0.4) is 0 Å². The van der Waals surface area contributed by atoms with Crippen molar-refractivity contribution in [1.29, 1.82) is 0 Å². The molecule has 0 heterocycles. The standard InChI is InChI=1S/C19H14ClNO4/c20-15-6-8-16(9-7-15)25-17-10-11-18(21(22)23)19(12-17)24-13-14-4-2-1-3-5-14/h1-12H,13H2. The SMILES string of the molecule is O=[N+]([O-])c1ccc(Oc2ccc(Cl)cc2)cc1OCc1ccccc1. The second-order valence-corrected chi connectivity index (χ2v) is 5.65. The average Bonchev–Trinajstić information content (AvgIpc) is 2.63. The van der Waals surface area contributed by atoms with Gasteiger partial charge in [0.25, 0.3) is 0 Å². The lowest BCUT2D eigenvalue weighted by atomic mass is 10.2. The first-order valence-corrected chi connectivity index (χ1v) is 7.88. The Labute approximate surface area is 149 Å². The van der Waals surface area contributed by atoms with Crippen molar-refractivity contribution in [2.75, 3.05) is 0 Å². The van der Waals surface area contributed by atoms with Crippen LogP contribution < -0.4 is 9.47 Å². The first kappa shape index (κ1) is 16.8. The summed E-state index contributed by atoms with van der Waals surface area (Å²) in [6.07, 6.45) is 0. The Kier molecular flexibility index (Phi) is 5.16. The fraction of sp³-hybridized carbons (Fsp3) is 0.0526. The molecule has 0 aliphatic rings. The molecule has 0 amide bonds. The third-order valence-corrected chi connectivity index (χ3v) is 3.67. The van der Waals surface area contributed by atoms with Gasteiger partial charge in [-0.25, -0.2) is 0 Å². The van der Waals surface area contributed by atoms with Crippen molar-refractivity contribution in [3.63, 3.8) is 0 Å². The summed E-state index contributed by atoms with van der Waals surface area (Å²) in [6.45, 7) is 0.228. The summed E-state index contributed by atoms with van der Waals surface area (Å²) >= 11 is 5.84. The maximum Gasteiger partial charge on any atom is 0.311 e. The zero-order chi connectivity index (χ0) is 17.6. The lowest BCUT2D eigenvalue weighted by Gasteiger charge is -2.10. The van der Waals surface area contributed by atoms with Gasteiger partial charge in [0.2, 0.25) is 5.75 Å². The zero-order valence-electron chi connectivity index (χ0n) is 13.1. The molecule has 0 aliphatic heterocycles. The van der Waals surface area contributed by atoms with Crippen molar-refractivity contribution in [3.8, 4) is 17.2 Å². The molecule has 0 N–H and O–H groups in total. The van der Waals surface area contributed by atoms with Crippen LogP contribution in [-0.4, -0.2) is 4.92 Å². The van der Waals surface area contributed by atoms with Gasteiger partial charge >= 0.3 is 5.69 Å². The Bertz CT molecular complexity index is 866. The van der Waals surface area contributed by atoms with E-state index < -0.39 is 4.92 Å². The molecular formula is C19H14ClNO4. The Morgan fingerprint density at radius 2 is 1.60 bits per heavy atom. The van der Waals surface area contributed by atoms with Crippen molar-refractivity contribution in [2.24, 2.45) is 0 Å². The molecule has 3 rings (SSSR count). The highest BCUT2D eigenvalue weighted by atomic mass is 35.5. The number of benzene rings is 3. The molecule has 0 saturated carbocycles. The first-order chi connectivity index (χ1) is 12.1. The van der Waals surface area contributed by atoms with Crippen LogP contribution >= 0.6 is 11.6 Å². The zero-order valence-corrected chi connectivity index (χ0v) is 13.8. The predicted octanol–water partition coefficient (Wildman–Crippen LogP) is 5.62. The second-order valence-electron chi connectivity index (χ2n) is 5.22. The predicted molar refractivity (Wildman–Crippen MR) is 95.4 cm³/mol. The normalized spacial score (nSPS) is 10.3. The summed E-state index contributed by atoms with van der Waals surface area (Å²) in [6, 6.07) is 20.7. The molecule has 0 spiro atoms. The van der Waals surface area contributed by atoms with Crippen molar-refractivity contribution in [1.82, 2.24) is 0 Å². The molecule has 0 aromatic heterocycles. The third kappa shape index (κ3) is 4.49. The van der Waals surface area contributed by atoms with E-state index in [0.29, 0.717) is 16.5 Å². The number of halogens is 1. The molecule has 6 heteroatoms. The number of nitro groups is 1. The highest BCUT2D eigenvalue weighted by molar-refractivity contribution is 6.30. The molecule has 0 saturated heterocycles. The van der Waals surface area contributed by atoms with Crippen LogP contribution in [0, 0.1) is 10.1 Å². The Morgan fingerprint density at radius 3 is 2.28 bits per heavy atom. The molecule has 3 aromatic carbocycles. The summed E-state index contributed by atoms with van der Waals surface area (Å²) in [5, 5.41) is 11.8. The van der Waals surface area contributed by atoms with Crippen LogP contribution in [0.5, 0.6) is 17.2 Å². The van der Waals surface area contributed by atoms with E-state index in [1.165, 1.54) is 18.2 Å². The fourth-order valence-electron chi connectivity index (χ4n) is 2.20. The van der Waals surface area contributed by atoms with E-state index in [0.717, 1.165) is 5.56 Å². The van der Waals surface area contributed by atoms with Crippen LogP contribution in [0.1, 0.15) is 5.56 Å². The molecule has 0 radical (unpaired) electrons. The molecule has 126 valence electrons. The first-order valence-electron chi connectivity index (χ1n) is 7.50. The average molecular weight is 356 g/mol. The van der Waals surface area contributed by atoms with E-state index >= 15 is 0 Å². The minimum atomic E-state index is -0.480. The maximum absolute atomic E-state index is 11.2. The molecule has 0 aliphatic carbocycles. The topological polar surface area (TPSA) is 61.6 Å². The Hall–Kier alpha value is -3.05. The van der Waals surface area contributed by atoms with Crippen LogP contribution in [0.15, 0.2) is 72.8 Å². The Balaban J connectivity index is 1.81. The molecule has 5 nitrogen and oxygen atoms in total. The smallest absolute Gasteiger partial charge is 0.311 e. The molecular weight excluding hydrogens is 342 g/mol. The number of nitrogens with zero attached hydrogens (tertiary/aromatic N) is 1. The van der Waals surface area contributed by atoms with Gasteiger partial charge in [0.15, 0.2) is 0 Å². The van der Waals surface area contributed by atoms with Crippen LogP contribution in [-0.2, 0) is 6.61 Å². The van der Waals surface area contributed by atoms with Crippen molar-refractivity contribution in [3.05, 3.63) is 93.5 Å². The van der Waals surface area contributed by atoms with Gasteiger partial charge < -0.3 is 9.47 Å². The Morgan fingerprint density at radius 1 is 0.920 bits per heavy atom. The van der Waals surface area contributed by atoms with Crippen molar-refractivity contribution < 1.29 is 14.4 Å². The van der Waals surface area contributed by atoms with Gasteiger partial charge in [0.1, 0.15) is 18.1 Å². The van der Waals surface area contributed by atoms with E-state index in [1.807, 2.05) is 30.3 Å². The molecule has 0 fully saturated rings. The molecule has 0 unspecified atom stereocenters. The number of hydrogen-bond donors (Lipinski definition) is 0. The third-order valence-electron chi connectivity index (χ3n) is 3.41. The van der Waals surface area contributed by atoms with E-state index in [9.17, 15) is 10.1 Å². The maximum atomic E-state index is 11.2. The van der Waals surface area contributed by atoms with Crippen LogP contribution in [0.2, 0.25) is 5.02 Å². The summed E-state index contributed by atoms with van der Waals surface area (Å²) in [7, 11) is 0. The van der Waals surface area contributed by atoms with Gasteiger partial charge in [-0.3, -0.25) is 10.1 Å². The van der Waals surface area contributed by atoms with E-state index in [1.54, 1.807) is 24.3 Å². The number of ether oxygens (including phenoxy) is 2. The summed E-state index contributed by atoms with van der Waals surface area (Å²) < 4.78 is 11.3.